The molecule has 102 valence electrons. The molecule has 1 unspecified atom stereocenters. The van der Waals surface area contributed by atoms with E-state index in [4.69, 9.17) is 16.3 Å². The first kappa shape index (κ1) is 12.9. The zero-order valence-electron chi connectivity index (χ0n) is 10.9. The van der Waals surface area contributed by atoms with Crippen LogP contribution in [-0.4, -0.2) is 33.1 Å². The van der Waals surface area contributed by atoms with Gasteiger partial charge in [-0.25, -0.2) is 9.97 Å². The Morgan fingerprint density at radius 1 is 1.47 bits per heavy atom. The molecule has 1 aliphatic rings. The van der Waals surface area contributed by atoms with Crippen LogP contribution in [0.15, 0.2) is 18.3 Å². The molecular formula is C14H18ClN3O. The zero-order valence-corrected chi connectivity index (χ0v) is 11.6. The lowest BCUT2D eigenvalue weighted by Crippen LogP contribution is -2.12. The number of aromatic nitrogens is 3. The number of pyridine rings is 1. The van der Waals surface area contributed by atoms with Gasteiger partial charge in [0.2, 0.25) is 0 Å². The standard InChI is InChI=1S/C14H18ClN3O/c15-7-5-13-17-12-4-1-8-16-14(12)18(13)9-6-11-3-2-10-19-11/h1,4,8,11H,2-3,5-7,9-10H2. The fourth-order valence-electron chi connectivity index (χ4n) is 2.66. The van der Waals surface area contributed by atoms with E-state index in [0.717, 1.165) is 43.0 Å². The number of rotatable bonds is 5. The lowest BCUT2D eigenvalue weighted by molar-refractivity contribution is 0.100. The van der Waals surface area contributed by atoms with Gasteiger partial charge in [0.1, 0.15) is 11.3 Å². The number of hydrogen-bond acceptors (Lipinski definition) is 3. The highest BCUT2D eigenvalue weighted by Gasteiger charge is 2.17. The van der Waals surface area contributed by atoms with Crippen molar-refractivity contribution in [2.45, 2.75) is 38.3 Å². The predicted octanol–water partition coefficient (Wildman–Crippen LogP) is 2.78. The minimum absolute atomic E-state index is 0.394. The van der Waals surface area contributed by atoms with E-state index < -0.39 is 0 Å². The van der Waals surface area contributed by atoms with Gasteiger partial charge in [-0.15, -0.1) is 11.6 Å². The second-order valence-corrected chi connectivity index (χ2v) is 5.27. The number of aryl methyl sites for hydroxylation is 2. The minimum Gasteiger partial charge on any atom is -0.378 e. The molecule has 2 aromatic rings. The SMILES string of the molecule is ClCCc1nc2cccnc2n1CCC1CCCO1. The van der Waals surface area contributed by atoms with Crippen molar-refractivity contribution < 1.29 is 4.74 Å². The number of hydrogen-bond donors (Lipinski definition) is 0. The molecule has 5 heteroatoms. The summed E-state index contributed by atoms with van der Waals surface area (Å²) in [6.45, 7) is 1.81. The lowest BCUT2D eigenvalue weighted by Gasteiger charge is -2.12. The van der Waals surface area contributed by atoms with Gasteiger partial charge < -0.3 is 9.30 Å². The van der Waals surface area contributed by atoms with Crippen LogP contribution >= 0.6 is 11.6 Å². The molecule has 0 radical (unpaired) electrons. The number of halogens is 1. The van der Waals surface area contributed by atoms with E-state index in [1.54, 1.807) is 0 Å². The Balaban J connectivity index is 1.84. The maximum atomic E-state index is 5.86. The minimum atomic E-state index is 0.394. The predicted molar refractivity (Wildman–Crippen MR) is 75.5 cm³/mol. The van der Waals surface area contributed by atoms with Crippen molar-refractivity contribution in [3.8, 4) is 0 Å². The highest BCUT2D eigenvalue weighted by molar-refractivity contribution is 6.17. The van der Waals surface area contributed by atoms with E-state index >= 15 is 0 Å². The molecule has 0 saturated carbocycles. The third kappa shape index (κ3) is 2.74. The van der Waals surface area contributed by atoms with Crippen molar-refractivity contribution in [3.63, 3.8) is 0 Å². The van der Waals surface area contributed by atoms with E-state index in [2.05, 4.69) is 14.5 Å². The molecule has 3 rings (SSSR count). The zero-order chi connectivity index (χ0) is 13.1. The number of alkyl halides is 1. The van der Waals surface area contributed by atoms with Crippen LogP contribution in [0.4, 0.5) is 0 Å². The largest absolute Gasteiger partial charge is 0.378 e. The summed E-state index contributed by atoms with van der Waals surface area (Å²) >= 11 is 5.86. The van der Waals surface area contributed by atoms with Crippen LogP contribution in [0.1, 0.15) is 25.1 Å². The normalized spacial score (nSPS) is 19.3. The summed E-state index contributed by atoms with van der Waals surface area (Å²) < 4.78 is 7.88. The van der Waals surface area contributed by atoms with Crippen molar-refractivity contribution in [2.24, 2.45) is 0 Å². The molecule has 1 atom stereocenters. The monoisotopic (exact) mass is 279 g/mol. The Hall–Kier alpha value is -1.13. The Morgan fingerprint density at radius 2 is 2.42 bits per heavy atom. The Labute approximate surface area is 117 Å². The van der Waals surface area contributed by atoms with Crippen LogP contribution in [0, 0.1) is 0 Å². The van der Waals surface area contributed by atoms with E-state index in [-0.39, 0.29) is 0 Å². The van der Waals surface area contributed by atoms with Gasteiger partial charge in [0.15, 0.2) is 5.65 Å². The molecule has 2 aromatic heterocycles. The number of nitrogens with zero attached hydrogens (tertiary/aromatic N) is 3. The summed E-state index contributed by atoms with van der Waals surface area (Å²) in [4.78, 5) is 9.07. The summed E-state index contributed by atoms with van der Waals surface area (Å²) in [5.41, 5.74) is 1.91. The van der Waals surface area contributed by atoms with Crippen LogP contribution in [-0.2, 0) is 17.7 Å². The highest BCUT2D eigenvalue weighted by atomic mass is 35.5. The molecule has 1 aliphatic heterocycles. The molecule has 0 aliphatic carbocycles. The van der Waals surface area contributed by atoms with Gasteiger partial charge in [0.25, 0.3) is 0 Å². The summed E-state index contributed by atoms with van der Waals surface area (Å²) in [7, 11) is 0. The fraction of sp³-hybridized carbons (Fsp3) is 0.571. The van der Waals surface area contributed by atoms with Gasteiger partial charge in [0.05, 0.1) is 6.10 Å². The smallest absolute Gasteiger partial charge is 0.159 e. The van der Waals surface area contributed by atoms with Crippen molar-refractivity contribution in [1.29, 1.82) is 0 Å². The van der Waals surface area contributed by atoms with Crippen LogP contribution in [0.3, 0.4) is 0 Å². The van der Waals surface area contributed by atoms with E-state index in [1.165, 1.54) is 12.8 Å². The second-order valence-electron chi connectivity index (χ2n) is 4.89. The average molecular weight is 280 g/mol. The molecule has 1 saturated heterocycles. The molecule has 0 aromatic carbocycles. The lowest BCUT2D eigenvalue weighted by atomic mass is 10.2. The van der Waals surface area contributed by atoms with Crippen LogP contribution in [0.25, 0.3) is 11.2 Å². The molecule has 1 fully saturated rings. The molecule has 0 bridgehead atoms. The first-order valence-corrected chi connectivity index (χ1v) is 7.39. The van der Waals surface area contributed by atoms with Crippen LogP contribution in [0.2, 0.25) is 0 Å². The van der Waals surface area contributed by atoms with Gasteiger partial charge in [0, 0.05) is 31.6 Å². The van der Waals surface area contributed by atoms with E-state index in [9.17, 15) is 0 Å². The van der Waals surface area contributed by atoms with Crippen molar-refractivity contribution in [2.75, 3.05) is 12.5 Å². The number of ether oxygens (including phenoxy) is 1. The van der Waals surface area contributed by atoms with Gasteiger partial charge in [-0.3, -0.25) is 0 Å². The van der Waals surface area contributed by atoms with Gasteiger partial charge >= 0.3 is 0 Å². The topological polar surface area (TPSA) is 39.9 Å². The third-order valence-electron chi connectivity index (χ3n) is 3.60. The third-order valence-corrected chi connectivity index (χ3v) is 3.79. The van der Waals surface area contributed by atoms with Crippen molar-refractivity contribution in [3.05, 3.63) is 24.2 Å². The van der Waals surface area contributed by atoms with Crippen LogP contribution < -0.4 is 0 Å². The first-order valence-electron chi connectivity index (χ1n) is 6.86. The van der Waals surface area contributed by atoms with Gasteiger partial charge in [-0.1, -0.05) is 0 Å². The van der Waals surface area contributed by atoms with Crippen molar-refractivity contribution >= 4 is 22.8 Å². The Bertz CT molecular complexity index is 549. The molecule has 0 amide bonds. The molecule has 3 heterocycles. The summed E-state index contributed by atoms with van der Waals surface area (Å²) in [6, 6.07) is 3.92. The maximum absolute atomic E-state index is 5.86. The summed E-state index contributed by atoms with van der Waals surface area (Å²) in [6.07, 6.45) is 6.37. The van der Waals surface area contributed by atoms with Crippen molar-refractivity contribution in [1.82, 2.24) is 14.5 Å². The first-order chi connectivity index (χ1) is 9.38. The molecule has 0 spiro atoms. The quantitative estimate of drug-likeness (QED) is 0.790. The molecular weight excluding hydrogens is 262 g/mol. The van der Waals surface area contributed by atoms with E-state index in [1.807, 2.05) is 18.3 Å². The fourth-order valence-corrected chi connectivity index (χ4v) is 2.83. The summed E-state index contributed by atoms with van der Waals surface area (Å²) in [5.74, 6) is 1.62. The van der Waals surface area contributed by atoms with Gasteiger partial charge in [-0.2, -0.15) is 0 Å². The molecule has 4 nitrogen and oxygen atoms in total. The van der Waals surface area contributed by atoms with Crippen LogP contribution in [0.5, 0.6) is 0 Å². The molecule has 19 heavy (non-hydrogen) atoms. The second kappa shape index (κ2) is 5.88. The molecule has 0 N–H and O–H groups in total. The Morgan fingerprint density at radius 3 is 3.21 bits per heavy atom. The highest BCUT2D eigenvalue weighted by Crippen LogP contribution is 2.19. The number of fused-ring (bicyclic) bond motifs is 1. The number of imidazole rings is 1. The van der Waals surface area contributed by atoms with E-state index in [0.29, 0.717) is 12.0 Å². The van der Waals surface area contributed by atoms with Gasteiger partial charge in [-0.05, 0) is 31.4 Å². The Kier molecular flexibility index (Phi) is 3.99. The average Bonchev–Trinajstić information content (AvgIpc) is 3.04. The maximum Gasteiger partial charge on any atom is 0.159 e. The summed E-state index contributed by atoms with van der Waals surface area (Å²) in [5, 5.41) is 0.